The Morgan fingerprint density at radius 3 is 1.42 bits per heavy atom. The number of alkyl halides is 1. The molecular weight excluding hydrogens is 1060 g/mol. The minimum atomic E-state index is -0.504. The minimum absolute atomic E-state index is 0.183. The van der Waals surface area contributed by atoms with E-state index < -0.39 is 5.60 Å². The van der Waals surface area contributed by atoms with E-state index in [4.69, 9.17) is 31.5 Å². The second-order valence-corrected chi connectivity index (χ2v) is 25.4. The van der Waals surface area contributed by atoms with Crippen LogP contribution in [0.4, 0.5) is 10.5 Å². The van der Waals surface area contributed by atoms with Crippen LogP contribution in [-0.2, 0) is 33.5 Å². The number of anilines is 1. The van der Waals surface area contributed by atoms with Crippen LogP contribution < -0.4 is 5.73 Å². The number of hydrogen-bond donors (Lipinski definition) is 3. The van der Waals surface area contributed by atoms with Crippen LogP contribution in [0, 0.1) is 11.8 Å². The summed E-state index contributed by atoms with van der Waals surface area (Å²) in [5, 5.41) is 21.0. The van der Waals surface area contributed by atoms with Crippen molar-refractivity contribution in [3.63, 3.8) is 0 Å². The molecule has 84 heavy (non-hydrogen) atoms. The quantitative estimate of drug-likeness (QED) is 0.0389. The van der Waals surface area contributed by atoms with E-state index in [0.29, 0.717) is 30.6 Å². The van der Waals surface area contributed by atoms with Crippen LogP contribution in [0.25, 0.3) is 0 Å². The van der Waals surface area contributed by atoms with Crippen molar-refractivity contribution in [3.05, 3.63) is 210 Å². The smallest absolute Gasteiger partial charge is 0.410 e. The maximum atomic E-state index is 13.2. The zero-order valence-corrected chi connectivity index (χ0v) is 51.2. The maximum Gasteiger partial charge on any atom is 0.410 e. The highest BCUT2D eigenvalue weighted by molar-refractivity contribution is 6.18. The van der Waals surface area contributed by atoms with Gasteiger partial charge in [-0.25, -0.2) is 4.79 Å². The van der Waals surface area contributed by atoms with E-state index in [1.54, 1.807) is 5.56 Å². The van der Waals surface area contributed by atoms with E-state index in [9.17, 15) is 15.0 Å². The molecule has 6 aromatic carbocycles. The first-order valence-electron chi connectivity index (χ1n) is 31.5. The van der Waals surface area contributed by atoms with Crippen LogP contribution in [0.2, 0.25) is 0 Å². The summed E-state index contributed by atoms with van der Waals surface area (Å²) in [7, 11) is 0. The second-order valence-electron chi connectivity index (χ2n) is 25.1. The molecule has 4 heterocycles. The van der Waals surface area contributed by atoms with E-state index in [1.165, 1.54) is 54.4 Å². The number of epoxide rings is 2. The number of hydrogen-bond acceptors (Lipinski definition) is 9. The Balaban J connectivity index is 0.000000160. The normalized spacial score (nSPS) is 22.5. The number of carbonyl (C=O) groups is 1. The second kappa shape index (κ2) is 34.0. The van der Waals surface area contributed by atoms with E-state index in [2.05, 4.69) is 131 Å². The Morgan fingerprint density at radius 1 is 0.595 bits per heavy atom. The Kier molecular flexibility index (Phi) is 26.0. The molecule has 1 amide bonds. The molecule has 4 aliphatic heterocycles. The van der Waals surface area contributed by atoms with Crippen LogP contribution in [0.5, 0.6) is 0 Å². The summed E-state index contributed by atoms with van der Waals surface area (Å²) >= 11 is 5.27. The number of halogens is 1. The Morgan fingerprint density at radius 2 is 1.01 bits per heavy atom. The third kappa shape index (κ3) is 24.1. The lowest BCUT2D eigenvalue weighted by atomic mass is 9.90. The van der Waals surface area contributed by atoms with Gasteiger partial charge in [-0.15, -0.1) is 11.6 Å². The molecule has 6 aromatic rings. The molecule has 0 spiro atoms. The predicted octanol–water partition coefficient (Wildman–Crippen LogP) is 14.0. The van der Waals surface area contributed by atoms with Crippen LogP contribution in [0.1, 0.15) is 125 Å². The number of piperidine rings is 2. The summed E-state index contributed by atoms with van der Waals surface area (Å²) in [5.74, 6) is 3.69. The van der Waals surface area contributed by atoms with Crippen molar-refractivity contribution in [2.45, 2.75) is 158 Å². The lowest BCUT2D eigenvalue weighted by Gasteiger charge is -2.40. The standard InChI is InChI=1S/C29H40N2O3.C25H33NO.C10H12O.C6H7N.C3H5ClO/c1-29(2,3)34-28(33)31(27-20-26(27)23-12-8-5-9-13-23)24-16-18-30(19-17-24)21-25(32)15-14-22-10-6-4-7-11-22;27-24(12-11-20-7-3-1-4-8-20)19-26-15-13-21(14-16-26)17-23-18-25(23)22-9-5-2-6-10-22;1-2-4-9(5-3-1)6-7-10-8-11-10;7-6-4-2-1-3-5-6;4-1-3-2-5-3/h4-13,24-27,32H,14-21H2,1-3H3;1-10,21,23-25,27H,11-19H2;1-5,10H,6-8H2;1-5H,7H2;3H,1-2H2/t25?,26-,27+;23-,24?,25+;;;/m01.../s1. The average Bonchev–Trinajstić information content (AvgIpc) is 2.32. The Labute approximate surface area is 508 Å². The molecular formula is C73H97ClN4O6. The van der Waals surface area contributed by atoms with Gasteiger partial charge >= 0.3 is 6.09 Å². The van der Waals surface area contributed by atoms with Gasteiger partial charge in [0.15, 0.2) is 0 Å². The number of ether oxygens (including phenoxy) is 3. The molecule has 4 unspecified atom stereocenters. The monoisotopic (exact) mass is 1160 g/mol. The topological polar surface area (TPSA) is 128 Å². The Bertz CT molecular complexity index is 2700. The molecule has 11 heteroatoms. The van der Waals surface area contributed by atoms with E-state index in [1.807, 2.05) is 86.3 Å². The average molecular weight is 1160 g/mol. The molecule has 12 rings (SSSR count). The lowest BCUT2D eigenvalue weighted by molar-refractivity contribution is 0.00233. The number of nitrogens with zero attached hydrogens (tertiary/aromatic N) is 3. The summed E-state index contributed by atoms with van der Waals surface area (Å²) in [6.45, 7) is 13.3. The van der Waals surface area contributed by atoms with E-state index in [-0.39, 0.29) is 30.4 Å². The van der Waals surface area contributed by atoms with Crippen LogP contribution in [0.3, 0.4) is 0 Å². The summed E-state index contributed by atoms with van der Waals surface area (Å²) in [6, 6.07) is 62.9. The molecule has 6 aliphatic rings. The van der Waals surface area contributed by atoms with Crippen molar-refractivity contribution in [1.29, 1.82) is 0 Å². The summed E-state index contributed by atoms with van der Waals surface area (Å²) < 4.78 is 15.7. The molecule has 0 radical (unpaired) electrons. The van der Waals surface area contributed by atoms with Gasteiger partial charge in [-0.1, -0.05) is 170 Å². The van der Waals surface area contributed by atoms with Gasteiger partial charge in [0.2, 0.25) is 0 Å². The number of β-amino-alcohol motifs (C(OH)–C–C–N with tert-alkyl or cyclic N) is 2. The molecule has 2 saturated carbocycles. The predicted molar refractivity (Wildman–Crippen MR) is 344 cm³/mol. The number of amides is 1. The number of aliphatic hydroxyl groups is 2. The fraction of sp³-hybridized carbons (Fsp3) is 0.493. The van der Waals surface area contributed by atoms with Gasteiger partial charge in [0.1, 0.15) is 5.60 Å². The molecule has 0 bridgehead atoms. The van der Waals surface area contributed by atoms with Gasteiger partial charge in [-0.2, -0.15) is 0 Å². The molecule has 452 valence electrons. The van der Waals surface area contributed by atoms with Crippen molar-refractivity contribution in [2.24, 2.45) is 11.8 Å². The third-order valence-corrected chi connectivity index (χ3v) is 17.3. The number of likely N-dealkylation sites (tertiary alicyclic amines) is 2. The number of aliphatic hydroxyl groups excluding tert-OH is 2. The molecule has 4 N–H and O–H groups in total. The highest BCUT2D eigenvalue weighted by Gasteiger charge is 2.49. The van der Waals surface area contributed by atoms with E-state index in [0.717, 1.165) is 121 Å². The van der Waals surface area contributed by atoms with Gasteiger partial charge in [0.25, 0.3) is 0 Å². The molecule has 0 aromatic heterocycles. The fourth-order valence-electron chi connectivity index (χ4n) is 11.8. The van der Waals surface area contributed by atoms with Gasteiger partial charge < -0.3 is 44.9 Å². The van der Waals surface area contributed by atoms with Gasteiger partial charge in [-0.05, 0) is 175 Å². The number of nitrogen functional groups attached to an aromatic ring is 1. The third-order valence-electron chi connectivity index (χ3n) is 16.9. The lowest BCUT2D eigenvalue weighted by Crippen LogP contribution is -2.51. The number of para-hydroxylation sites is 1. The number of rotatable bonds is 20. The zero-order valence-electron chi connectivity index (χ0n) is 50.5. The zero-order chi connectivity index (χ0) is 58.9. The maximum absolute atomic E-state index is 13.2. The van der Waals surface area contributed by atoms with Crippen molar-refractivity contribution in [3.8, 4) is 0 Å². The van der Waals surface area contributed by atoms with Crippen molar-refractivity contribution in [1.82, 2.24) is 14.7 Å². The largest absolute Gasteiger partial charge is 0.444 e. The molecule has 2 aliphatic carbocycles. The highest BCUT2D eigenvalue weighted by atomic mass is 35.5. The van der Waals surface area contributed by atoms with Crippen LogP contribution in [0.15, 0.2) is 182 Å². The van der Waals surface area contributed by atoms with Gasteiger partial charge in [-0.3, -0.25) is 0 Å². The SMILES string of the molecule is CC(C)(C)OC(=O)N(C1CCN(CC(O)CCc2ccccc2)CC1)[C@@H]1C[C@H]1c1ccccc1.ClCC1CO1.Nc1ccccc1.OC(CCc1ccccc1)CN1CCC(C[C@@H]2C[C@H]2c2ccccc2)CC1.c1ccc(CCC2CO2)cc1. The van der Waals surface area contributed by atoms with Crippen molar-refractivity contribution in [2.75, 3.05) is 64.1 Å². The van der Waals surface area contributed by atoms with E-state index >= 15 is 0 Å². The molecule has 10 nitrogen and oxygen atoms in total. The van der Waals surface area contributed by atoms with Crippen molar-refractivity contribution >= 4 is 23.4 Å². The first-order chi connectivity index (χ1) is 40.8. The number of aryl methyl sites for hydroxylation is 3. The number of benzene rings is 6. The molecule has 6 fully saturated rings. The first-order valence-corrected chi connectivity index (χ1v) is 32.0. The molecule has 8 atom stereocenters. The van der Waals surface area contributed by atoms with Crippen LogP contribution in [-0.4, -0.2) is 131 Å². The van der Waals surface area contributed by atoms with Gasteiger partial charge in [0, 0.05) is 49.9 Å². The fourth-order valence-corrected chi connectivity index (χ4v) is 12.0. The minimum Gasteiger partial charge on any atom is -0.444 e. The summed E-state index contributed by atoms with van der Waals surface area (Å²) in [5.41, 5.74) is 12.5. The molecule has 4 saturated heterocycles. The summed E-state index contributed by atoms with van der Waals surface area (Å²) in [4.78, 5) is 20.1. The number of carbonyl (C=O) groups excluding carboxylic acids is 1. The number of nitrogens with two attached hydrogens (primary N) is 1. The Hall–Kier alpha value is -5.56. The first kappa shape index (κ1) is 64.4. The highest BCUT2D eigenvalue weighted by Crippen LogP contribution is 2.52. The summed E-state index contributed by atoms with van der Waals surface area (Å²) in [6.07, 6.45) is 14.4. The van der Waals surface area contributed by atoms with Gasteiger partial charge in [0.05, 0.1) is 43.5 Å². The van der Waals surface area contributed by atoms with Crippen molar-refractivity contribution < 1.29 is 29.2 Å². The van der Waals surface area contributed by atoms with Crippen LogP contribution >= 0.6 is 11.6 Å².